The molecular formula is C16H14N2O4. The Balaban J connectivity index is 1.52. The van der Waals surface area contributed by atoms with Crippen LogP contribution in [-0.2, 0) is 9.53 Å². The molecule has 0 saturated carbocycles. The molecule has 2 fully saturated rings. The largest absolute Gasteiger partial charge is 0.465 e. The Hall–Kier alpha value is -2.63. The molecule has 0 radical (unpaired) electrons. The van der Waals surface area contributed by atoms with E-state index in [0.717, 1.165) is 5.56 Å². The van der Waals surface area contributed by atoms with Gasteiger partial charge >= 0.3 is 5.97 Å². The van der Waals surface area contributed by atoms with Gasteiger partial charge in [0.15, 0.2) is 11.5 Å². The van der Waals surface area contributed by atoms with E-state index < -0.39 is 0 Å². The number of ether oxygens (including phenoxy) is 1. The SMILES string of the molecule is O=C1OC[C@H]2CN(C(=O)c3cc(-c4ccccc4)on3)C[C@@H]12. The lowest BCUT2D eigenvalue weighted by Crippen LogP contribution is -2.31. The van der Waals surface area contributed by atoms with Gasteiger partial charge in [0, 0.05) is 30.6 Å². The maximum absolute atomic E-state index is 12.5. The topological polar surface area (TPSA) is 72.6 Å². The van der Waals surface area contributed by atoms with E-state index in [4.69, 9.17) is 9.26 Å². The summed E-state index contributed by atoms with van der Waals surface area (Å²) < 4.78 is 10.3. The van der Waals surface area contributed by atoms with Gasteiger partial charge in [0.1, 0.15) is 0 Å². The molecule has 0 spiro atoms. The molecule has 1 aromatic carbocycles. The summed E-state index contributed by atoms with van der Waals surface area (Å²) in [5.41, 5.74) is 1.14. The molecule has 2 aromatic rings. The Morgan fingerprint density at radius 3 is 2.82 bits per heavy atom. The van der Waals surface area contributed by atoms with Crippen molar-refractivity contribution < 1.29 is 18.8 Å². The number of benzene rings is 1. The molecule has 2 saturated heterocycles. The maximum Gasteiger partial charge on any atom is 0.311 e. The van der Waals surface area contributed by atoms with Gasteiger partial charge in [-0.1, -0.05) is 35.5 Å². The van der Waals surface area contributed by atoms with Gasteiger partial charge in [-0.2, -0.15) is 0 Å². The van der Waals surface area contributed by atoms with Crippen LogP contribution in [0.15, 0.2) is 40.9 Å². The lowest BCUT2D eigenvalue weighted by atomic mass is 10.0. The zero-order valence-electron chi connectivity index (χ0n) is 11.8. The van der Waals surface area contributed by atoms with E-state index in [2.05, 4.69) is 5.16 Å². The fraction of sp³-hybridized carbons (Fsp3) is 0.312. The van der Waals surface area contributed by atoms with Crippen molar-refractivity contribution in [3.8, 4) is 11.3 Å². The highest BCUT2D eigenvalue weighted by Crippen LogP contribution is 2.31. The average molecular weight is 298 g/mol. The zero-order chi connectivity index (χ0) is 15.1. The number of rotatable bonds is 2. The Kier molecular flexibility index (Phi) is 2.96. The first-order valence-electron chi connectivity index (χ1n) is 7.20. The molecule has 3 heterocycles. The van der Waals surface area contributed by atoms with Gasteiger partial charge in [0.25, 0.3) is 5.91 Å². The van der Waals surface area contributed by atoms with E-state index in [1.165, 1.54) is 0 Å². The minimum Gasteiger partial charge on any atom is -0.465 e. The number of carbonyl (C=O) groups is 2. The second kappa shape index (κ2) is 4.98. The molecule has 2 atom stereocenters. The summed E-state index contributed by atoms with van der Waals surface area (Å²) in [4.78, 5) is 25.7. The van der Waals surface area contributed by atoms with E-state index >= 15 is 0 Å². The number of fused-ring (bicyclic) bond motifs is 1. The zero-order valence-corrected chi connectivity index (χ0v) is 11.8. The Morgan fingerprint density at radius 1 is 1.23 bits per heavy atom. The molecular weight excluding hydrogens is 284 g/mol. The Labute approximate surface area is 126 Å². The van der Waals surface area contributed by atoms with Crippen LogP contribution in [0.25, 0.3) is 11.3 Å². The third-order valence-electron chi connectivity index (χ3n) is 4.26. The van der Waals surface area contributed by atoms with Gasteiger partial charge in [0.05, 0.1) is 12.5 Å². The minimum absolute atomic E-state index is 0.108. The molecule has 0 unspecified atom stereocenters. The first-order chi connectivity index (χ1) is 10.7. The third kappa shape index (κ3) is 2.07. The third-order valence-corrected chi connectivity index (χ3v) is 4.26. The molecule has 0 aliphatic carbocycles. The van der Waals surface area contributed by atoms with Crippen molar-refractivity contribution in [3.05, 3.63) is 42.1 Å². The first kappa shape index (κ1) is 13.1. The second-order valence-electron chi connectivity index (χ2n) is 5.65. The van der Waals surface area contributed by atoms with Crippen molar-refractivity contribution in [2.75, 3.05) is 19.7 Å². The number of esters is 1. The average Bonchev–Trinajstić information content (AvgIpc) is 3.25. The number of hydrogen-bond donors (Lipinski definition) is 0. The number of aromatic nitrogens is 1. The van der Waals surface area contributed by atoms with Gasteiger partial charge < -0.3 is 14.2 Å². The number of hydrogen-bond acceptors (Lipinski definition) is 5. The monoisotopic (exact) mass is 298 g/mol. The predicted octanol–water partition coefficient (Wildman–Crippen LogP) is 1.59. The lowest BCUT2D eigenvalue weighted by Gasteiger charge is -2.15. The first-order valence-corrected chi connectivity index (χ1v) is 7.20. The predicted molar refractivity (Wildman–Crippen MR) is 75.8 cm³/mol. The molecule has 1 amide bonds. The highest BCUT2D eigenvalue weighted by molar-refractivity contribution is 5.94. The molecule has 112 valence electrons. The highest BCUT2D eigenvalue weighted by atomic mass is 16.5. The summed E-state index contributed by atoms with van der Waals surface area (Å²) in [6, 6.07) is 11.1. The standard InChI is InChI=1S/C16H14N2O4/c19-15(18-7-11-9-21-16(20)12(11)8-18)13-6-14(22-17-13)10-4-2-1-3-5-10/h1-6,11-12H,7-9H2/t11-,12-/m1/s1. The minimum atomic E-state index is -0.203. The van der Waals surface area contributed by atoms with Crippen molar-refractivity contribution in [2.24, 2.45) is 11.8 Å². The summed E-state index contributed by atoms with van der Waals surface area (Å²) in [5, 5.41) is 3.87. The number of nitrogens with zero attached hydrogens (tertiary/aromatic N) is 2. The Morgan fingerprint density at radius 2 is 2.05 bits per heavy atom. The molecule has 2 aliphatic heterocycles. The summed E-state index contributed by atoms with van der Waals surface area (Å²) in [7, 11) is 0. The fourth-order valence-corrected chi connectivity index (χ4v) is 3.05. The van der Waals surface area contributed by atoms with E-state index in [0.29, 0.717) is 25.5 Å². The van der Waals surface area contributed by atoms with Gasteiger partial charge in [-0.25, -0.2) is 0 Å². The van der Waals surface area contributed by atoms with Crippen LogP contribution in [0.5, 0.6) is 0 Å². The van der Waals surface area contributed by atoms with Gasteiger partial charge in [-0.3, -0.25) is 9.59 Å². The quantitative estimate of drug-likeness (QED) is 0.787. The van der Waals surface area contributed by atoms with E-state index in [1.54, 1.807) is 11.0 Å². The smallest absolute Gasteiger partial charge is 0.311 e. The van der Waals surface area contributed by atoms with E-state index in [9.17, 15) is 9.59 Å². The summed E-state index contributed by atoms with van der Waals surface area (Å²) in [6.07, 6.45) is 0. The number of likely N-dealkylation sites (tertiary alicyclic amines) is 1. The molecule has 6 heteroatoms. The van der Waals surface area contributed by atoms with Crippen molar-refractivity contribution in [2.45, 2.75) is 0 Å². The summed E-state index contributed by atoms with van der Waals surface area (Å²) in [6.45, 7) is 1.33. The normalized spacial score (nSPS) is 23.5. The van der Waals surface area contributed by atoms with E-state index in [-0.39, 0.29) is 29.4 Å². The van der Waals surface area contributed by atoms with Crippen LogP contribution in [0.1, 0.15) is 10.5 Å². The fourth-order valence-electron chi connectivity index (χ4n) is 3.05. The van der Waals surface area contributed by atoms with Gasteiger partial charge in [-0.05, 0) is 0 Å². The van der Waals surface area contributed by atoms with E-state index in [1.807, 2.05) is 30.3 Å². The number of amides is 1. The van der Waals surface area contributed by atoms with Crippen LogP contribution in [0.4, 0.5) is 0 Å². The van der Waals surface area contributed by atoms with Crippen LogP contribution >= 0.6 is 0 Å². The summed E-state index contributed by atoms with van der Waals surface area (Å²) >= 11 is 0. The molecule has 1 aromatic heterocycles. The number of cyclic esters (lactones) is 1. The van der Waals surface area contributed by atoms with Crippen LogP contribution in [-0.4, -0.2) is 41.6 Å². The van der Waals surface area contributed by atoms with Crippen LogP contribution < -0.4 is 0 Å². The summed E-state index contributed by atoms with van der Waals surface area (Å²) in [5.74, 6) is 0.0719. The van der Waals surface area contributed by atoms with Crippen molar-refractivity contribution >= 4 is 11.9 Å². The van der Waals surface area contributed by atoms with Gasteiger partial charge in [0.2, 0.25) is 0 Å². The van der Waals surface area contributed by atoms with Crippen LogP contribution in [0.3, 0.4) is 0 Å². The molecule has 22 heavy (non-hydrogen) atoms. The van der Waals surface area contributed by atoms with Crippen molar-refractivity contribution in [1.82, 2.24) is 10.1 Å². The highest BCUT2D eigenvalue weighted by Gasteiger charge is 2.45. The lowest BCUT2D eigenvalue weighted by molar-refractivity contribution is -0.141. The van der Waals surface area contributed by atoms with Crippen molar-refractivity contribution in [1.29, 1.82) is 0 Å². The molecule has 2 aliphatic rings. The Bertz CT molecular complexity index is 725. The maximum atomic E-state index is 12.5. The van der Waals surface area contributed by atoms with Crippen LogP contribution in [0.2, 0.25) is 0 Å². The molecule has 0 N–H and O–H groups in total. The van der Waals surface area contributed by atoms with Crippen LogP contribution in [0, 0.1) is 11.8 Å². The second-order valence-corrected chi connectivity index (χ2v) is 5.65. The molecule has 4 rings (SSSR count). The molecule has 0 bridgehead atoms. The van der Waals surface area contributed by atoms with Gasteiger partial charge in [-0.15, -0.1) is 0 Å². The molecule has 6 nitrogen and oxygen atoms in total. The van der Waals surface area contributed by atoms with Crippen molar-refractivity contribution in [3.63, 3.8) is 0 Å². The number of carbonyl (C=O) groups excluding carboxylic acids is 2.